The maximum Gasteiger partial charge on any atom is 0.195 e. The lowest BCUT2D eigenvalue weighted by molar-refractivity contribution is 0.0409. The van der Waals surface area contributed by atoms with Crippen LogP contribution in [-0.2, 0) is 9.16 Å². The van der Waals surface area contributed by atoms with Crippen molar-refractivity contribution in [3.8, 4) is 0 Å². The fourth-order valence-corrected chi connectivity index (χ4v) is 1.27. The van der Waals surface area contributed by atoms with Crippen molar-refractivity contribution >= 4 is 8.32 Å². The third-order valence-corrected chi connectivity index (χ3v) is 6.80. The van der Waals surface area contributed by atoms with Gasteiger partial charge in [0.1, 0.15) is 6.79 Å². The maximum atomic E-state index is 5.66. The Kier molecular flexibility index (Phi) is 3.74. The number of methoxy groups -OCH3 is 1. The second kappa shape index (κ2) is 3.69. The first kappa shape index (κ1) is 11.1. The summed E-state index contributed by atoms with van der Waals surface area (Å²) >= 11 is 0. The Morgan fingerprint density at radius 3 is 1.91 bits per heavy atom. The third-order valence-electron chi connectivity index (χ3n) is 2.34. The van der Waals surface area contributed by atoms with Crippen LogP contribution < -0.4 is 0 Å². The summed E-state index contributed by atoms with van der Waals surface area (Å²) in [5.74, 6) is 0. The van der Waals surface area contributed by atoms with Crippen LogP contribution in [0.4, 0.5) is 0 Å². The Balaban J connectivity index is 4.00. The molecule has 11 heavy (non-hydrogen) atoms. The Bertz CT molecular complexity index is 116. The molecule has 0 fully saturated rings. The van der Waals surface area contributed by atoms with Crippen molar-refractivity contribution in [1.82, 2.24) is 0 Å². The van der Waals surface area contributed by atoms with Gasteiger partial charge in [-0.05, 0) is 18.1 Å². The molecule has 0 unspecified atom stereocenters. The highest BCUT2D eigenvalue weighted by Gasteiger charge is 2.36. The second-order valence-electron chi connectivity index (χ2n) is 4.31. The van der Waals surface area contributed by atoms with E-state index in [1.807, 2.05) is 0 Å². The van der Waals surface area contributed by atoms with Crippen LogP contribution in [0, 0.1) is 0 Å². The van der Waals surface area contributed by atoms with E-state index < -0.39 is 8.32 Å². The van der Waals surface area contributed by atoms with Gasteiger partial charge < -0.3 is 9.16 Å². The summed E-state index contributed by atoms with van der Waals surface area (Å²) in [5, 5.41) is 0.283. The fourth-order valence-electron chi connectivity index (χ4n) is 0.423. The summed E-state index contributed by atoms with van der Waals surface area (Å²) in [6.07, 6.45) is 0. The molecule has 0 bridgehead atoms. The van der Waals surface area contributed by atoms with E-state index in [1.54, 1.807) is 7.11 Å². The Hall–Kier alpha value is 0.137. The normalized spacial score (nSPS) is 13.6. The van der Waals surface area contributed by atoms with E-state index in [-0.39, 0.29) is 5.04 Å². The van der Waals surface area contributed by atoms with Gasteiger partial charge in [-0.25, -0.2) is 0 Å². The summed E-state index contributed by atoms with van der Waals surface area (Å²) < 4.78 is 10.5. The van der Waals surface area contributed by atoms with Crippen LogP contribution in [0.5, 0.6) is 0 Å². The highest BCUT2D eigenvalue weighted by molar-refractivity contribution is 6.74. The van der Waals surface area contributed by atoms with E-state index in [0.29, 0.717) is 6.79 Å². The molecule has 0 aliphatic heterocycles. The molecule has 0 spiro atoms. The number of rotatable bonds is 3. The number of hydrogen-bond donors (Lipinski definition) is 0. The first-order valence-corrected chi connectivity index (χ1v) is 6.85. The Morgan fingerprint density at radius 2 is 1.64 bits per heavy atom. The molecule has 0 N–H and O–H groups in total. The van der Waals surface area contributed by atoms with E-state index in [9.17, 15) is 0 Å². The van der Waals surface area contributed by atoms with Gasteiger partial charge in [0, 0.05) is 7.11 Å². The molecule has 0 aliphatic rings. The van der Waals surface area contributed by atoms with Crippen LogP contribution in [0.3, 0.4) is 0 Å². The van der Waals surface area contributed by atoms with Crippen molar-refractivity contribution in [3.63, 3.8) is 0 Å². The van der Waals surface area contributed by atoms with Gasteiger partial charge in [0.2, 0.25) is 0 Å². The summed E-state index contributed by atoms with van der Waals surface area (Å²) in [6.45, 7) is 11.5. The molecule has 0 saturated carbocycles. The van der Waals surface area contributed by atoms with E-state index in [4.69, 9.17) is 9.16 Å². The molecule has 3 heteroatoms. The van der Waals surface area contributed by atoms with Gasteiger partial charge in [-0.1, -0.05) is 20.8 Å². The zero-order valence-electron chi connectivity index (χ0n) is 8.52. The van der Waals surface area contributed by atoms with Gasteiger partial charge in [0.05, 0.1) is 0 Å². The first-order valence-electron chi connectivity index (χ1n) is 3.94. The van der Waals surface area contributed by atoms with Gasteiger partial charge in [-0.2, -0.15) is 0 Å². The van der Waals surface area contributed by atoms with Crippen molar-refractivity contribution in [1.29, 1.82) is 0 Å². The minimum atomic E-state index is -1.55. The smallest absolute Gasteiger partial charge is 0.195 e. The average molecular weight is 176 g/mol. The fraction of sp³-hybridized carbons (Fsp3) is 1.00. The SMILES string of the molecule is COCO[Si](C)(C)C(C)(C)C. The average Bonchev–Trinajstić information content (AvgIpc) is 1.81. The highest BCUT2D eigenvalue weighted by Crippen LogP contribution is 2.36. The van der Waals surface area contributed by atoms with Crippen LogP contribution >= 0.6 is 0 Å². The summed E-state index contributed by atoms with van der Waals surface area (Å²) in [6, 6.07) is 0. The molecule has 0 aromatic rings. The monoisotopic (exact) mass is 176 g/mol. The van der Waals surface area contributed by atoms with Crippen LogP contribution in [0.15, 0.2) is 0 Å². The second-order valence-corrected chi connectivity index (χ2v) is 9.12. The highest BCUT2D eigenvalue weighted by atomic mass is 28.4. The van der Waals surface area contributed by atoms with Crippen molar-refractivity contribution in [2.45, 2.75) is 38.9 Å². The molecular weight excluding hydrogens is 156 g/mol. The molecule has 68 valence electrons. The van der Waals surface area contributed by atoms with Crippen molar-refractivity contribution in [2.24, 2.45) is 0 Å². The summed E-state index contributed by atoms with van der Waals surface area (Å²) in [5.41, 5.74) is 0. The number of ether oxygens (including phenoxy) is 1. The van der Waals surface area contributed by atoms with E-state index in [2.05, 4.69) is 33.9 Å². The van der Waals surface area contributed by atoms with E-state index in [1.165, 1.54) is 0 Å². The topological polar surface area (TPSA) is 18.5 Å². The summed E-state index contributed by atoms with van der Waals surface area (Å²) in [4.78, 5) is 0. The lowest BCUT2D eigenvalue weighted by Crippen LogP contribution is -2.41. The summed E-state index contributed by atoms with van der Waals surface area (Å²) in [7, 11) is 0.109. The Morgan fingerprint density at radius 1 is 1.18 bits per heavy atom. The van der Waals surface area contributed by atoms with Crippen molar-refractivity contribution in [3.05, 3.63) is 0 Å². The Labute approximate surface area is 71.0 Å². The van der Waals surface area contributed by atoms with Gasteiger partial charge in [-0.3, -0.25) is 0 Å². The van der Waals surface area contributed by atoms with Crippen LogP contribution in [-0.4, -0.2) is 22.2 Å². The minimum absolute atomic E-state index is 0.283. The van der Waals surface area contributed by atoms with Gasteiger partial charge in [0.15, 0.2) is 8.32 Å². The van der Waals surface area contributed by atoms with Crippen LogP contribution in [0.25, 0.3) is 0 Å². The molecule has 0 aromatic heterocycles. The maximum absolute atomic E-state index is 5.66. The van der Waals surface area contributed by atoms with Crippen LogP contribution in [0.1, 0.15) is 20.8 Å². The predicted octanol–water partition coefficient (Wildman–Crippen LogP) is 2.61. The van der Waals surface area contributed by atoms with E-state index in [0.717, 1.165) is 0 Å². The lowest BCUT2D eigenvalue weighted by Gasteiger charge is -2.35. The van der Waals surface area contributed by atoms with Gasteiger partial charge in [-0.15, -0.1) is 0 Å². The van der Waals surface area contributed by atoms with Crippen molar-refractivity contribution < 1.29 is 9.16 Å². The van der Waals surface area contributed by atoms with Crippen molar-refractivity contribution in [2.75, 3.05) is 13.9 Å². The molecule has 0 rings (SSSR count). The van der Waals surface area contributed by atoms with E-state index >= 15 is 0 Å². The molecule has 2 nitrogen and oxygen atoms in total. The molecule has 0 aliphatic carbocycles. The molecule has 0 atom stereocenters. The molecule has 0 amide bonds. The molecule has 0 radical (unpaired) electrons. The predicted molar refractivity (Wildman–Crippen MR) is 50.2 cm³/mol. The lowest BCUT2D eigenvalue weighted by atomic mass is 10.2. The molecule has 0 saturated heterocycles. The standard InChI is InChI=1S/C8H20O2Si/c1-8(2,3)11(5,6)10-7-9-4/h7H2,1-6H3. The molecule has 0 aromatic carbocycles. The third kappa shape index (κ3) is 3.36. The van der Waals surface area contributed by atoms with Crippen LogP contribution in [0.2, 0.25) is 18.1 Å². The quantitative estimate of drug-likeness (QED) is 0.486. The number of hydrogen-bond acceptors (Lipinski definition) is 2. The molecule has 0 heterocycles. The van der Waals surface area contributed by atoms with Gasteiger partial charge in [0.25, 0.3) is 0 Å². The minimum Gasteiger partial charge on any atom is -0.395 e. The molecular formula is C8H20O2Si. The largest absolute Gasteiger partial charge is 0.395 e. The zero-order chi connectivity index (χ0) is 9.12. The zero-order valence-corrected chi connectivity index (χ0v) is 9.52. The first-order chi connectivity index (χ1) is 4.81. The van der Waals surface area contributed by atoms with Gasteiger partial charge >= 0.3 is 0 Å².